The molecule has 0 unspecified atom stereocenters. The van der Waals surface area contributed by atoms with Crippen LogP contribution in [0.2, 0.25) is 0 Å². The Labute approximate surface area is 214 Å². The Morgan fingerprint density at radius 3 is 2.54 bits per heavy atom. The van der Waals surface area contributed by atoms with Gasteiger partial charge in [0.25, 0.3) is 0 Å². The zero-order valence-electron chi connectivity index (χ0n) is 20.5. The molecule has 5 rings (SSSR count). The van der Waals surface area contributed by atoms with Crippen molar-refractivity contribution in [2.24, 2.45) is 5.92 Å². The van der Waals surface area contributed by atoms with Gasteiger partial charge in [-0.2, -0.15) is 0 Å². The van der Waals surface area contributed by atoms with E-state index in [1.165, 1.54) is 12.1 Å². The molecular weight excluding hydrogens is 479 g/mol. The molecule has 2 heterocycles. The summed E-state index contributed by atoms with van der Waals surface area (Å²) in [6.45, 7) is 1.29. The molecule has 8 nitrogen and oxygen atoms in total. The third-order valence-corrected chi connectivity index (χ3v) is 7.25. The number of hydrogen-bond acceptors (Lipinski definition) is 8. The van der Waals surface area contributed by atoms with Crippen LogP contribution in [0, 0.1) is 11.7 Å². The molecule has 1 aliphatic carbocycles. The van der Waals surface area contributed by atoms with E-state index in [0.717, 1.165) is 11.3 Å². The lowest BCUT2D eigenvalue weighted by atomic mass is 9.93. The topological polar surface area (TPSA) is 105 Å². The average molecular weight is 511 g/mol. The number of fused-ring (bicyclic) bond motifs is 1. The molecular formula is C28H31FN2O6. The maximum Gasteiger partial charge on any atom is 0.165 e. The Morgan fingerprint density at radius 1 is 1.11 bits per heavy atom. The molecule has 1 aliphatic heterocycles. The van der Waals surface area contributed by atoms with E-state index >= 15 is 0 Å². The van der Waals surface area contributed by atoms with Gasteiger partial charge in [-0.25, -0.2) is 4.39 Å². The largest absolute Gasteiger partial charge is 0.497 e. The lowest BCUT2D eigenvalue weighted by Gasteiger charge is -2.29. The number of aliphatic hydroxyl groups is 3. The molecule has 5 atom stereocenters. The van der Waals surface area contributed by atoms with Gasteiger partial charge in [-0.3, -0.25) is 9.88 Å². The minimum Gasteiger partial charge on any atom is -0.497 e. The van der Waals surface area contributed by atoms with Crippen molar-refractivity contribution >= 4 is 0 Å². The quantitative estimate of drug-likeness (QED) is 0.404. The Kier molecular flexibility index (Phi) is 7.30. The minimum atomic E-state index is -1.39. The number of β-amino-alcohol motifs (C(OH)–C–C–N with tert-alkyl or cyclic N) is 2. The number of nitrogens with zero attached hydrogens (tertiary/aromatic N) is 2. The number of ether oxygens (including phenoxy) is 3. The molecule has 1 saturated carbocycles. The highest BCUT2D eigenvalue weighted by molar-refractivity contribution is 5.28. The Hall–Kier alpha value is -3.24. The molecule has 1 aromatic heterocycles. The van der Waals surface area contributed by atoms with Crippen LogP contribution in [0.5, 0.6) is 17.2 Å². The van der Waals surface area contributed by atoms with Crippen molar-refractivity contribution in [2.75, 3.05) is 26.7 Å². The van der Waals surface area contributed by atoms with Crippen molar-refractivity contribution < 1.29 is 33.9 Å². The second kappa shape index (κ2) is 10.6. The highest BCUT2D eigenvalue weighted by Crippen LogP contribution is 2.44. The van der Waals surface area contributed by atoms with Gasteiger partial charge >= 0.3 is 0 Å². The highest BCUT2D eigenvalue weighted by atomic mass is 19.1. The van der Waals surface area contributed by atoms with Gasteiger partial charge < -0.3 is 29.5 Å². The van der Waals surface area contributed by atoms with Crippen molar-refractivity contribution in [3.8, 4) is 17.2 Å². The third kappa shape index (κ3) is 5.40. The van der Waals surface area contributed by atoms with Gasteiger partial charge in [-0.1, -0.05) is 24.3 Å². The van der Waals surface area contributed by atoms with Gasteiger partial charge in [0.1, 0.15) is 42.0 Å². The van der Waals surface area contributed by atoms with E-state index in [9.17, 15) is 19.7 Å². The first-order valence-electron chi connectivity index (χ1n) is 12.3. The van der Waals surface area contributed by atoms with Crippen LogP contribution in [0.15, 0.2) is 66.9 Å². The zero-order valence-corrected chi connectivity index (χ0v) is 20.5. The molecule has 2 aromatic carbocycles. The molecule has 3 aromatic rings. The maximum absolute atomic E-state index is 14.0. The number of methoxy groups -OCH3 is 1. The van der Waals surface area contributed by atoms with E-state index in [1.54, 1.807) is 37.6 Å². The first-order chi connectivity index (χ1) is 17.9. The molecule has 0 bridgehead atoms. The van der Waals surface area contributed by atoms with Crippen molar-refractivity contribution in [1.29, 1.82) is 0 Å². The van der Waals surface area contributed by atoms with E-state index in [1.807, 2.05) is 29.2 Å². The first-order valence-corrected chi connectivity index (χ1v) is 12.3. The summed E-state index contributed by atoms with van der Waals surface area (Å²) < 4.78 is 30.6. The second-order valence-corrected chi connectivity index (χ2v) is 9.72. The third-order valence-electron chi connectivity index (χ3n) is 7.25. The Morgan fingerprint density at radius 2 is 1.86 bits per heavy atom. The van der Waals surface area contributed by atoms with E-state index in [0.29, 0.717) is 31.0 Å². The molecule has 0 radical (unpaired) electrons. The summed E-state index contributed by atoms with van der Waals surface area (Å²) in [6, 6.07) is 17.1. The normalized spacial score (nSPS) is 26.0. The molecule has 9 heteroatoms. The number of likely N-dealkylation sites (tertiary alicyclic amines) is 1. The molecule has 2 aliphatic rings. The van der Waals surface area contributed by atoms with E-state index in [2.05, 4.69) is 4.98 Å². The van der Waals surface area contributed by atoms with Gasteiger partial charge in [0.05, 0.1) is 19.0 Å². The van der Waals surface area contributed by atoms with Crippen LogP contribution < -0.4 is 14.2 Å². The zero-order chi connectivity index (χ0) is 26.0. The summed E-state index contributed by atoms with van der Waals surface area (Å²) in [5.74, 6) is 0.662. The summed E-state index contributed by atoms with van der Waals surface area (Å²) in [6.07, 6.45) is -0.786. The molecule has 37 heavy (non-hydrogen) atoms. The molecule has 1 saturated heterocycles. The van der Waals surface area contributed by atoms with Crippen molar-refractivity contribution in [3.63, 3.8) is 0 Å². The van der Waals surface area contributed by atoms with E-state index < -0.39 is 29.7 Å². The smallest absolute Gasteiger partial charge is 0.165 e. The minimum absolute atomic E-state index is 0.0601. The predicted molar refractivity (Wildman–Crippen MR) is 133 cm³/mol. The van der Waals surface area contributed by atoms with Crippen molar-refractivity contribution in [3.05, 3.63) is 83.9 Å². The first kappa shape index (κ1) is 25.4. The number of rotatable bonds is 9. The lowest BCUT2D eigenvalue weighted by Crippen LogP contribution is -2.49. The van der Waals surface area contributed by atoms with Crippen LogP contribution in [0.25, 0.3) is 0 Å². The fourth-order valence-corrected chi connectivity index (χ4v) is 5.22. The van der Waals surface area contributed by atoms with Crippen molar-refractivity contribution in [1.82, 2.24) is 9.88 Å². The van der Waals surface area contributed by atoms with Crippen molar-refractivity contribution in [2.45, 2.75) is 36.9 Å². The van der Waals surface area contributed by atoms with E-state index in [4.69, 9.17) is 14.2 Å². The summed E-state index contributed by atoms with van der Waals surface area (Å²) in [7, 11) is 1.62. The van der Waals surface area contributed by atoms with Crippen LogP contribution in [0.4, 0.5) is 4.39 Å². The van der Waals surface area contributed by atoms with Gasteiger partial charge in [0, 0.05) is 25.6 Å². The summed E-state index contributed by atoms with van der Waals surface area (Å²) in [5, 5.41) is 32.8. The van der Waals surface area contributed by atoms with Gasteiger partial charge in [-0.05, 0) is 48.4 Å². The van der Waals surface area contributed by atoms with Crippen LogP contribution in [0.3, 0.4) is 0 Å². The van der Waals surface area contributed by atoms with Crippen LogP contribution in [-0.2, 0) is 6.61 Å². The molecule has 196 valence electrons. The summed E-state index contributed by atoms with van der Waals surface area (Å²) in [4.78, 5) is 6.25. The second-order valence-electron chi connectivity index (χ2n) is 9.72. The standard InChI is InChI=1S/C28H31FN2O6/c1-35-20-8-6-18(7-9-20)16-36-21-10-11-23(30-13-21)24(32)15-31-14-19-12-26(27(33)28(19,34)17-31)37-25-5-3-2-4-22(25)29/h2-11,13,19,24,26-27,32-34H,12,14-17H2,1H3/t19-,24-,26+,27+,28-/m0/s1. The fraction of sp³-hybridized carbons (Fsp3) is 0.393. The van der Waals surface area contributed by atoms with Crippen LogP contribution >= 0.6 is 0 Å². The summed E-state index contributed by atoms with van der Waals surface area (Å²) >= 11 is 0. The van der Waals surface area contributed by atoms with Crippen LogP contribution in [-0.4, -0.2) is 69.8 Å². The van der Waals surface area contributed by atoms with Gasteiger partial charge in [0.15, 0.2) is 11.6 Å². The number of benzene rings is 2. The monoisotopic (exact) mass is 510 g/mol. The molecule has 0 amide bonds. The van der Waals surface area contributed by atoms with Crippen LogP contribution in [0.1, 0.15) is 23.8 Å². The number of pyridine rings is 1. The summed E-state index contributed by atoms with van der Waals surface area (Å²) in [5.41, 5.74) is 0.0932. The lowest BCUT2D eigenvalue weighted by molar-refractivity contribution is -0.0879. The highest BCUT2D eigenvalue weighted by Gasteiger charge is 2.59. The number of para-hydroxylation sites is 1. The SMILES string of the molecule is COc1ccc(COc2ccc([C@@H](O)CN3C[C@@H]4C[C@@H](Oc5ccccc5F)[C@@H](O)[C@]4(O)C3)nc2)cc1. The fourth-order valence-electron chi connectivity index (χ4n) is 5.22. The number of hydrogen-bond donors (Lipinski definition) is 3. The van der Waals surface area contributed by atoms with Gasteiger partial charge in [0.2, 0.25) is 0 Å². The number of aromatic nitrogens is 1. The number of aliphatic hydroxyl groups excluding tert-OH is 2. The molecule has 3 N–H and O–H groups in total. The number of halogens is 1. The average Bonchev–Trinajstić information content (AvgIpc) is 3.34. The van der Waals surface area contributed by atoms with E-state index in [-0.39, 0.29) is 24.8 Å². The Balaban J connectivity index is 1.13. The molecule has 0 spiro atoms. The maximum atomic E-state index is 14.0. The van der Waals surface area contributed by atoms with Gasteiger partial charge in [-0.15, -0.1) is 0 Å². The molecule has 2 fully saturated rings. The Bertz CT molecular complexity index is 1190. The predicted octanol–water partition coefficient (Wildman–Crippen LogP) is 2.72.